The molecule has 0 saturated heterocycles. The van der Waals surface area contributed by atoms with E-state index in [-0.39, 0.29) is 28.9 Å². The highest BCUT2D eigenvalue weighted by molar-refractivity contribution is 8.00. The molecule has 1 aliphatic rings. The van der Waals surface area contributed by atoms with Crippen LogP contribution in [0.15, 0.2) is 47.4 Å². The summed E-state index contributed by atoms with van der Waals surface area (Å²) in [5.74, 6) is -1.90. The van der Waals surface area contributed by atoms with E-state index in [9.17, 15) is 18.8 Å². The zero-order chi connectivity index (χ0) is 19.4. The van der Waals surface area contributed by atoms with E-state index in [2.05, 4.69) is 5.32 Å². The SMILES string of the molecule is O=C(COC(=O)CN1C(=O)CSc2ccccc21)Nc1ccc(F)c(Cl)c1. The van der Waals surface area contributed by atoms with Crippen LogP contribution in [-0.4, -0.2) is 36.7 Å². The van der Waals surface area contributed by atoms with Crippen LogP contribution in [0, 0.1) is 5.82 Å². The molecule has 0 aromatic heterocycles. The van der Waals surface area contributed by atoms with Crippen LogP contribution in [0.5, 0.6) is 0 Å². The number of hydrogen-bond donors (Lipinski definition) is 1. The third-order valence-electron chi connectivity index (χ3n) is 3.66. The summed E-state index contributed by atoms with van der Waals surface area (Å²) in [5, 5.41) is 2.31. The lowest BCUT2D eigenvalue weighted by Crippen LogP contribution is -2.40. The number of carbonyl (C=O) groups is 3. The van der Waals surface area contributed by atoms with Crippen LogP contribution in [-0.2, 0) is 19.1 Å². The fourth-order valence-corrected chi connectivity index (χ4v) is 3.54. The van der Waals surface area contributed by atoms with Crippen molar-refractivity contribution in [3.05, 3.63) is 53.3 Å². The Kier molecular flexibility index (Phi) is 5.98. The molecule has 2 aromatic rings. The summed E-state index contributed by atoms with van der Waals surface area (Å²) in [4.78, 5) is 38.3. The monoisotopic (exact) mass is 408 g/mol. The second-order valence-electron chi connectivity index (χ2n) is 5.57. The van der Waals surface area contributed by atoms with Crippen molar-refractivity contribution in [2.75, 3.05) is 29.1 Å². The van der Waals surface area contributed by atoms with E-state index in [4.69, 9.17) is 16.3 Å². The predicted molar refractivity (Wildman–Crippen MR) is 101 cm³/mol. The fourth-order valence-electron chi connectivity index (χ4n) is 2.42. The molecule has 0 spiro atoms. The van der Waals surface area contributed by atoms with Gasteiger partial charge in [-0.15, -0.1) is 11.8 Å². The van der Waals surface area contributed by atoms with E-state index < -0.39 is 24.3 Å². The second kappa shape index (κ2) is 8.41. The van der Waals surface area contributed by atoms with Crippen LogP contribution in [0.3, 0.4) is 0 Å². The second-order valence-corrected chi connectivity index (χ2v) is 7.00. The minimum Gasteiger partial charge on any atom is -0.454 e. The number of amides is 2. The number of thioether (sulfide) groups is 1. The van der Waals surface area contributed by atoms with Crippen molar-refractivity contribution in [2.45, 2.75) is 4.90 Å². The zero-order valence-corrected chi connectivity index (χ0v) is 15.5. The van der Waals surface area contributed by atoms with Crippen LogP contribution in [0.25, 0.3) is 0 Å². The Morgan fingerprint density at radius 1 is 1.26 bits per heavy atom. The molecule has 9 heteroatoms. The minimum atomic E-state index is -0.711. The lowest BCUT2D eigenvalue weighted by Gasteiger charge is -2.27. The molecule has 0 aliphatic carbocycles. The smallest absolute Gasteiger partial charge is 0.326 e. The first-order chi connectivity index (χ1) is 12.9. The number of rotatable bonds is 5. The summed E-state index contributed by atoms with van der Waals surface area (Å²) in [6.45, 7) is -0.821. The number of nitrogens with one attached hydrogen (secondary N) is 1. The van der Waals surface area contributed by atoms with Gasteiger partial charge >= 0.3 is 5.97 Å². The van der Waals surface area contributed by atoms with Crippen LogP contribution < -0.4 is 10.2 Å². The molecule has 0 radical (unpaired) electrons. The van der Waals surface area contributed by atoms with Gasteiger partial charge < -0.3 is 10.1 Å². The first kappa shape index (κ1) is 19.2. The summed E-state index contributed by atoms with van der Waals surface area (Å²) in [6, 6.07) is 10.9. The van der Waals surface area contributed by atoms with E-state index in [1.807, 2.05) is 12.1 Å². The Labute approximate surface area is 163 Å². The highest BCUT2D eigenvalue weighted by atomic mass is 35.5. The average Bonchev–Trinajstić information content (AvgIpc) is 2.65. The molecule has 0 fully saturated rings. The Morgan fingerprint density at radius 2 is 2.04 bits per heavy atom. The van der Waals surface area contributed by atoms with Gasteiger partial charge in [0.05, 0.1) is 16.5 Å². The van der Waals surface area contributed by atoms with Gasteiger partial charge in [-0.25, -0.2) is 4.39 Å². The van der Waals surface area contributed by atoms with E-state index in [1.54, 1.807) is 12.1 Å². The number of halogens is 2. The third-order valence-corrected chi connectivity index (χ3v) is 5.00. The van der Waals surface area contributed by atoms with Crippen LogP contribution in [0.2, 0.25) is 5.02 Å². The highest BCUT2D eigenvalue weighted by Crippen LogP contribution is 2.34. The van der Waals surface area contributed by atoms with Gasteiger partial charge in [-0.3, -0.25) is 19.3 Å². The molecule has 1 N–H and O–H groups in total. The lowest BCUT2D eigenvalue weighted by molar-refractivity contribution is -0.146. The van der Waals surface area contributed by atoms with Crippen molar-refractivity contribution in [1.29, 1.82) is 0 Å². The van der Waals surface area contributed by atoms with Crippen molar-refractivity contribution >= 4 is 52.5 Å². The minimum absolute atomic E-state index is 0.134. The van der Waals surface area contributed by atoms with Crippen molar-refractivity contribution in [2.24, 2.45) is 0 Å². The number of anilines is 2. The average molecular weight is 409 g/mol. The van der Waals surface area contributed by atoms with Crippen molar-refractivity contribution in [3.63, 3.8) is 0 Å². The Morgan fingerprint density at radius 3 is 2.81 bits per heavy atom. The Bertz CT molecular complexity index is 909. The summed E-state index contributed by atoms with van der Waals surface area (Å²) >= 11 is 7.04. The summed E-state index contributed by atoms with van der Waals surface area (Å²) in [6.07, 6.45) is 0. The molecule has 2 aromatic carbocycles. The van der Waals surface area contributed by atoms with Gasteiger partial charge in [0.2, 0.25) is 5.91 Å². The number of esters is 1. The first-order valence-corrected chi connectivity index (χ1v) is 9.23. The van der Waals surface area contributed by atoms with Gasteiger partial charge in [-0.2, -0.15) is 0 Å². The van der Waals surface area contributed by atoms with E-state index in [0.717, 1.165) is 11.0 Å². The number of carbonyl (C=O) groups excluding carboxylic acids is 3. The van der Waals surface area contributed by atoms with Crippen LogP contribution in [0.4, 0.5) is 15.8 Å². The number of ether oxygens (including phenoxy) is 1. The molecule has 27 heavy (non-hydrogen) atoms. The number of fused-ring (bicyclic) bond motifs is 1. The number of hydrogen-bond acceptors (Lipinski definition) is 5. The van der Waals surface area contributed by atoms with E-state index >= 15 is 0 Å². The topological polar surface area (TPSA) is 75.7 Å². The quantitative estimate of drug-likeness (QED) is 0.769. The molecule has 6 nitrogen and oxygen atoms in total. The summed E-state index contributed by atoms with van der Waals surface area (Å²) < 4.78 is 18.0. The molecule has 0 saturated carbocycles. The molecular formula is C18H14ClFN2O4S. The van der Waals surface area contributed by atoms with Crippen molar-refractivity contribution in [3.8, 4) is 0 Å². The van der Waals surface area contributed by atoms with Crippen molar-refractivity contribution in [1.82, 2.24) is 0 Å². The van der Waals surface area contributed by atoms with Crippen LogP contribution >= 0.6 is 23.4 Å². The normalized spacial score (nSPS) is 13.1. The van der Waals surface area contributed by atoms with Gasteiger partial charge in [0.25, 0.3) is 5.91 Å². The molecule has 140 valence electrons. The number of nitrogens with zero attached hydrogens (tertiary/aromatic N) is 1. The van der Waals surface area contributed by atoms with Gasteiger partial charge in [0.15, 0.2) is 6.61 Å². The zero-order valence-electron chi connectivity index (χ0n) is 13.9. The standard InChI is InChI=1S/C18H14ClFN2O4S/c19-12-7-11(5-6-13(12)20)21-16(23)9-26-18(25)8-22-14-3-1-2-4-15(14)27-10-17(22)24/h1-7H,8-10H2,(H,21,23). The first-order valence-electron chi connectivity index (χ1n) is 7.87. The van der Waals surface area contributed by atoms with E-state index in [1.165, 1.54) is 28.8 Å². The van der Waals surface area contributed by atoms with Gasteiger partial charge in [0, 0.05) is 10.6 Å². The molecular weight excluding hydrogens is 395 g/mol. The maximum Gasteiger partial charge on any atom is 0.326 e. The summed E-state index contributed by atoms with van der Waals surface area (Å²) in [7, 11) is 0. The molecule has 2 amide bonds. The Balaban J connectivity index is 1.54. The fraction of sp³-hybridized carbons (Fsp3) is 0.167. The van der Waals surface area contributed by atoms with Crippen LogP contribution in [0.1, 0.15) is 0 Å². The molecule has 1 aliphatic heterocycles. The van der Waals surface area contributed by atoms with E-state index in [0.29, 0.717) is 5.69 Å². The maximum atomic E-state index is 13.1. The Hall–Kier alpha value is -2.58. The lowest BCUT2D eigenvalue weighted by atomic mass is 10.2. The van der Waals surface area contributed by atoms with Gasteiger partial charge in [-0.05, 0) is 30.3 Å². The molecule has 1 heterocycles. The molecule has 3 rings (SSSR count). The molecule has 0 bridgehead atoms. The summed E-state index contributed by atoms with van der Waals surface area (Å²) in [5.41, 5.74) is 0.917. The highest BCUT2D eigenvalue weighted by Gasteiger charge is 2.26. The molecule has 0 atom stereocenters. The molecule has 0 unspecified atom stereocenters. The predicted octanol–water partition coefficient (Wildman–Crippen LogP) is 3.10. The van der Waals surface area contributed by atoms with Crippen molar-refractivity contribution < 1.29 is 23.5 Å². The number of benzene rings is 2. The largest absolute Gasteiger partial charge is 0.454 e. The van der Waals surface area contributed by atoms with Gasteiger partial charge in [-0.1, -0.05) is 23.7 Å². The van der Waals surface area contributed by atoms with Gasteiger partial charge in [0.1, 0.15) is 12.4 Å². The third kappa shape index (κ3) is 4.78. The number of para-hydroxylation sites is 1. The maximum absolute atomic E-state index is 13.1.